The van der Waals surface area contributed by atoms with Crippen LogP contribution < -0.4 is 5.73 Å². The van der Waals surface area contributed by atoms with Crippen molar-refractivity contribution in [1.29, 1.82) is 0 Å². The van der Waals surface area contributed by atoms with E-state index in [0.717, 1.165) is 50.8 Å². The Labute approximate surface area is 108 Å². The number of carbonyl (C=O) groups is 1. The SMILES string of the molecule is N[C@H]1CCc2cc(C(=O)N3CCCC3)ccc2C1. The van der Waals surface area contributed by atoms with Crippen molar-refractivity contribution >= 4 is 5.91 Å². The monoisotopic (exact) mass is 244 g/mol. The van der Waals surface area contributed by atoms with Gasteiger partial charge in [0.2, 0.25) is 0 Å². The number of rotatable bonds is 1. The lowest BCUT2D eigenvalue weighted by molar-refractivity contribution is 0.0792. The highest BCUT2D eigenvalue weighted by Gasteiger charge is 2.21. The number of hydrogen-bond donors (Lipinski definition) is 1. The molecule has 2 aliphatic rings. The zero-order chi connectivity index (χ0) is 12.5. The molecule has 0 bridgehead atoms. The van der Waals surface area contributed by atoms with Gasteiger partial charge in [-0.3, -0.25) is 4.79 Å². The average molecular weight is 244 g/mol. The first-order chi connectivity index (χ1) is 8.74. The molecule has 1 fully saturated rings. The minimum Gasteiger partial charge on any atom is -0.339 e. The Hall–Kier alpha value is -1.35. The highest BCUT2D eigenvalue weighted by molar-refractivity contribution is 5.94. The zero-order valence-corrected chi connectivity index (χ0v) is 10.7. The van der Waals surface area contributed by atoms with E-state index in [4.69, 9.17) is 5.73 Å². The number of fused-ring (bicyclic) bond motifs is 1. The summed E-state index contributed by atoms with van der Waals surface area (Å²) in [5, 5.41) is 0. The molecule has 1 aromatic rings. The molecule has 2 N–H and O–H groups in total. The lowest BCUT2D eigenvalue weighted by Gasteiger charge is -2.22. The molecule has 0 aromatic heterocycles. The molecule has 1 heterocycles. The van der Waals surface area contributed by atoms with E-state index in [1.54, 1.807) is 0 Å². The van der Waals surface area contributed by atoms with Gasteiger partial charge in [0.15, 0.2) is 0 Å². The fourth-order valence-electron chi connectivity index (χ4n) is 3.02. The summed E-state index contributed by atoms with van der Waals surface area (Å²) < 4.78 is 0. The van der Waals surface area contributed by atoms with Crippen molar-refractivity contribution in [3.63, 3.8) is 0 Å². The van der Waals surface area contributed by atoms with Gasteiger partial charge in [0.25, 0.3) is 5.91 Å². The molecule has 3 nitrogen and oxygen atoms in total. The molecule has 1 atom stereocenters. The van der Waals surface area contributed by atoms with Crippen molar-refractivity contribution < 1.29 is 4.79 Å². The molecular weight excluding hydrogens is 224 g/mol. The van der Waals surface area contributed by atoms with Gasteiger partial charge in [-0.05, 0) is 55.4 Å². The molecule has 1 saturated heterocycles. The third-order valence-electron chi connectivity index (χ3n) is 4.11. The van der Waals surface area contributed by atoms with E-state index in [-0.39, 0.29) is 11.9 Å². The molecule has 1 aliphatic carbocycles. The van der Waals surface area contributed by atoms with Crippen LogP contribution in [0.5, 0.6) is 0 Å². The molecule has 0 unspecified atom stereocenters. The summed E-state index contributed by atoms with van der Waals surface area (Å²) in [6, 6.07) is 6.44. The first kappa shape index (κ1) is 11.7. The largest absolute Gasteiger partial charge is 0.339 e. The zero-order valence-electron chi connectivity index (χ0n) is 10.7. The molecule has 96 valence electrons. The van der Waals surface area contributed by atoms with E-state index in [9.17, 15) is 4.79 Å². The number of amides is 1. The highest BCUT2D eigenvalue weighted by Crippen LogP contribution is 2.23. The lowest BCUT2D eigenvalue weighted by Crippen LogP contribution is -2.29. The second kappa shape index (κ2) is 4.73. The Balaban J connectivity index is 1.83. The quantitative estimate of drug-likeness (QED) is 0.818. The van der Waals surface area contributed by atoms with Crippen molar-refractivity contribution in [2.24, 2.45) is 5.73 Å². The van der Waals surface area contributed by atoms with Crippen LogP contribution in [0, 0.1) is 0 Å². The third-order valence-corrected chi connectivity index (χ3v) is 4.11. The number of hydrogen-bond acceptors (Lipinski definition) is 2. The van der Waals surface area contributed by atoms with Crippen LogP contribution >= 0.6 is 0 Å². The molecule has 3 heteroatoms. The maximum absolute atomic E-state index is 12.3. The van der Waals surface area contributed by atoms with Gasteiger partial charge >= 0.3 is 0 Å². The number of aryl methyl sites for hydroxylation is 1. The Morgan fingerprint density at radius 3 is 2.78 bits per heavy atom. The van der Waals surface area contributed by atoms with Crippen molar-refractivity contribution in [1.82, 2.24) is 4.90 Å². The van der Waals surface area contributed by atoms with Crippen molar-refractivity contribution in [2.45, 2.75) is 38.1 Å². The molecule has 1 amide bonds. The first-order valence-corrected chi connectivity index (χ1v) is 6.91. The topological polar surface area (TPSA) is 46.3 Å². The smallest absolute Gasteiger partial charge is 0.253 e. The Kier molecular flexibility index (Phi) is 3.08. The van der Waals surface area contributed by atoms with E-state index < -0.39 is 0 Å². The third kappa shape index (κ3) is 2.15. The fourth-order valence-corrected chi connectivity index (χ4v) is 3.02. The summed E-state index contributed by atoms with van der Waals surface area (Å²) in [4.78, 5) is 14.3. The standard InChI is InChI=1S/C15H20N2O/c16-14-6-5-11-9-13(4-3-12(11)10-14)15(18)17-7-1-2-8-17/h3-4,9,14H,1-2,5-8,10,16H2/t14-/m0/s1. The molecule has 1 aliphatic heterocycles. The molecule has 0 radical (unpaired) electrons. The molecule has 1 aromatic carbocycles. The van der Waals surface area contributed by atoms with Crippen molar-refractivity contribution in [3.8, 4) is 0 Å². The van der Waals surface area contributed by atoms with E-state index >= 15 is 0 Å². The van der Waals surface area contributed by atoms with Gasteiger partial charge in [-0.15, -0.1) is 0 Å². The Morgan fingerprint density at radius 2 is 2.00 bits per heavy atom. The summed E-state index contributed by atoms with van der Waals surface area (Å²) in [7, 11) is 0. The number of benzene rings is 1. The summed E-state index contributed by atoms with van der Waals surface area (Å²) in [6.45, 7) is 1.83. The highest BCUT2D eigenvalue weighted by atomic mass is 16.2. The Bertz CT molecular complexity index is 464. The molecule has 18 heavy (non-hydrogen) atoms. The van der Waals surface area contributed by atoms with Crippen LogP contribution in [-0.4, -0.2) is 29.9 Å². The number of nitrogens with two attached hydrogens (primary N) is 1. The molecule has 3 rings (SSSR count). The van der Waals surface area contributed by atoms with E-state index in [1.807, 2.05) is 11.0 Å². The van der Waals surface area contributed by atoms with Crippen LogP contribution in [0.15, 0.2) is 18.2 Å². The minimum absolute atomic E-state index is 0.199. The van der Waals surface area contributed by atoms with Crippen LogP contribution in [0.4, 0.5) is 0 Å². The van der Waals surface area contributed by atoms with E-state index in [0.29, 0.717) is 0 Å². The number of likely N-dealkylation sites (tertiary alicyclic amines) is 1. The number of carbonyl (C=O) groups excluding carboxylic acids is 1. The van der Waals surface area contributed by atoms with E-state index in [2.05, 4.69) is 12.1 Å². The second-order valence-electron chi connectivity index (χ2n) is 5.49. The van der Waals surface area contributed by atoms with E-state index in [1.165, 1.54) is 11.1 Å². The summed E-state index contributed by atoms with van der Waals surface area (Å²) >= 11 is 0. The van der Waals surface area contributed by atoms with Gasteiger partial charge in [0.1, 0.15) is 0 Å². The summed E-state index contributed by atoms with van der Waals surface area (Å²) in [5.41, 5.74) is 9.47. The lowest BCUT2D eigenvalue weighted by atomic mass is 9.87. The van der Waals surface area contributed by atoms with Gasteiger partial charge in [0.05, 0.1) is 0 Å². The first-order valence-electron chi connectivity index (χ1n) is 6.91. The molecule has 0 spiro atoms. The minimum atomic E-state index is 0.199. The van der Waals surface area contributed by atoms with Crippen LogP contribution in [0.25, 0.3) is 0 Å². The van der Waals surface area contributed by atoms with Gasteiger partial charge in [-0.1, -0.05) is 6.07 Å². The van der Waals surface area contributed by atoms with Gasteiger partial charge < -0.3 is 10.6 Å². The Morgan fingerprint density at radius 1 is 1.22 bits per heavy atom. The van der Waals surface area contributed by atoms with Crippen LogP contribution in [0.3, 0.4) is 0 Å². The summed E-state index contributed by atoms with van der Waals surface area (Å²) in [6.07, 6.45) is 5.29. The fraction of sp³-hybridized carbons (Fsp3) is 0.533. The normalized spacial score (nSPS) is 22.9. The maximum Gasteiger partial charge on any atom is 0.253 e. The van der Waals surface area contributed by atoms with Crippen molar-refractivity contribution in [2.75, 3.05) is 13.1 Å². The second-order valence-corrected chi connectivity index (χ2v) is 5.49. The van der Waals surface area contributed by atoms with Crippen LogP contribution in [-0.2, 0) is 12.8 Å². The molecular formula is C15H20N2O. The number of nitrogens with zero attached hydrogens (tertiary/aromatic N) is 1. The van der Waals surface area contributed by atoms with Gasteiger partial charge in [-0.2, -0.15) is 0 Å². The van der Waals surface area contributed by atoms with Crippen LogP contribution in [0.1, 0.15) is 40.7 Å². The molecule has 0 saturated carbocycles. The predicted molar refractivity (Wildman–Crippen MR) is 71.6 cm³/mol. The van der Waals surface area contributed by atoms with Crippen LogP contribution in [0.2, 0.25) is 0 Å². The van der Waals surface area contributed by atoms with Gasteiger partial charge in [0, 0.05) is 24.7 Å². The predicted octanol–water partition coefficient (Wildman–Crippen LogP) is 1.74. The maximum atomic E-state index is 12.3. The average Bonchev–Trinajstić information content (AvgIpc) is 2.91. The van der Waals surface area contributed by atoms with Crippen molar-refractivity contribution in [3.05, 3.63) is 34.9 Å². The van der Waals surface area contributed by atoms with Gasteiger partial charge in [-0.25, -0.2) is 0 Å². The summed E-state index contributed by atoms with van der Waals surface area (Å²) in [5.74, 6) is 0.199.